The Hall–Kier alpha value is -1.06. The molecule has 2 rings (SSSR count). The first kappa shape index (κ1) is 10.5. The van der Waals surface area contributed by atoms with Crippen molar-refractivity contribution >= 4 is 11.9 Å². The van der Waals surface area contributed by atoms with E-state index in [4.69, 9.17) is 5.11 Å². The average molecular weight is 211 g/mol. The first-order valence-corrected chi connectivity index (χ1v) is 5.58. The molecular weight excluding hydrogens is 194 g/mol. The molecule has 0 aromatic rings. The van der Waals surface area contributed by atoms with Crippen LogP contribution in [0.1, 0.15) is 26.2 Å². The molecule has 15 heavy (non-hydrogen) atoms. The standard InChI is InChI=1S/C11H17NO3/c1-7-5-12(6-9(7)11(14)15)10(13)4-8-2-3-8/h7-9H,2-6H2,1H3,(H,14,15)/t7-,9-/m1/s1. The Bertz CT molecular complexity index is 286. The van der Waals surface area contributed by atoms with Gasteiger partial charge in [-0.25, -0.2) is 0 Å². The summed E-state index contributed by atoms with van der Waals surface area (Å²) in [5, 5.41) is 8.94. The first-order chi connectivity index (χ1) is 7.08. The van der Waals surface area contributed by atoms with Gasteiger partial charge in [-0.3, -0.25) is 9.59 Å². The lowest BCUT2D eigenvalue weighted by Gasteiger charge is -2.15. The second-order valence-corrected chi connectivity index (χ2v) is 4.87. The Labute approximate surface area is 89.3 Å². The molecule has 0 aromatic carbocycles. The summed E-state index contributed by atoms with van der Waals surface area (Å²) < 4.78 is 0. The second-order valence-electron chi connectivity index (χ2n) is 4.87. The highest BCUT2D eigenvalue weighted by Crippen LogP contribution is 2.34. The van der Waals surface area contributed by atoms with Crippen LogP contribution in [0, 0.1) is 17.8 Å². The molecule has 4 heteroatoms. The Balaban J connectivity index is 1.89. The molecule has 1 aliphatic carbocycles. The van der Waals surface area contributed by atoms with Gasteiger partial charge in [0, 0.05) is 19.5 Å². The maximum absolute atomic E-state index is 11.7. The van der Waals surface area contributed by atoms with E-state index in [9.17, 15) is 9.59 Å². The minimum atomic E-state index is -0.774. The van der Waals surface area contributed by atoms with E-state index in [1.807, 2.05) is 6.92 Å². The van der Waals surface area contributed by atoms with Crippen molar-refractivity contribution in [3.05, 3.63) is 0 Å². The second kappa shape index (κ2) is 3.83. The van der Waals surface area contributed by atoms with Crippen molar-refractivity contribution in [3.63, 3.8) is 0 Å². The molecule has 0 radical (unpaired) electrons. The van der Waals surface area contributed by atoms with Crippen LogP contribution in [0.2, 0.25) is 0 Å². The number of likely N-dealkylation sites (tertiary alicyclic amines) is 1. The van der Waals surface area contributed by atoms with E-state index in [0.717, 1.165) is 12.8 Å². The number of hydrogen-bond donors (Lipinski definition) is 1. The van der Waals surface area contributed by atoms with Crippen LogP contribution in [0.3, 0.4) is 0 Å². The van der Waals surface area contributed by atoms with Gasteiger partial charge in [0.05, 0.1) is 5.92 Å². The predicted molar refractivity (Wildman–Crippen MR) is 54.2 cm³/mol. The molecule has 1 saturated carbocycles. The number of aliphatic carboxylic acids is 1. The fraction of sp³-hybridized carbons (Fsp3) is 0.818. The summed E-state index contributed by atoms with van der Waals surface area (Å²) in [5.41, 5.74) is 0. The third-order valence-electron chi connectivity index (χ3n) is 3.44. The van der Waals surface area contributed by atoms with E-state index in [0.29, 0.717) is 25.4 Å². The Morgan fingerprint density at radius 1 is 1.33 bits per heavy atom. The molecule has 1 amide bonds. The quantitative estimate of drug-likeness (QED) is 0.756. The number of carbonyl (C=O) groups excluding carboxylic acids is 1. The summed E-state index contributed by atoms with van der Waals surface area (Å²) in [6, 6.07) is 0. The van der Waals surface area contributed by atoms with Gasteiger partial charge < -0.3 is 10.0 Å². The van der Waals surface area contributed by atoms with E-state index in [-0.39, 0.29) is 17.7 Å². The first-order valence-electron chi connectivity index (χ1n) is 5.58. The van der Waals surface area contributed by atoms with Gasteiger partial charge in [-0.05, 0) is 24.7 Å². The number of carboxylic acids is 1. The largest absolute Gasteiger partial charge is 0.481 e. The van der Waals surface area contributed by atoms with Gasteiger partial charge >= 0.3 is 5.97 Å². The smallest absolute Gasteiger partial charge is 0.308 e. The zero-order chi connectivity index (χ0) is 11.0. The van der Waals surface area contributed by atoms with Crippen LogP contribution in [-0.2, 0) is 9.59 Å². The third-order valence-corrected chi connectivity index (χ3v) is 3.44. The minimum Gasteiger partial charge on any atom is -0.481 e. The van der Waals surface area contributed by atoms with Gasteiger partial charge in [0.15, 0.2) is 0 Å². The lowest BCUT2D eigenvalue weighted by atomic mass is 9.99. The lowest BCUT2D eigenvalue weighted by Crippen LogP contribution is -2.30. The van der Waals surface area contributed by atoms with E-state index in [1.165, 1.54) is 0 Å². The van der Waals surface area contributed by atoms with Gasteiger partial charge in [0.2, 0.25) is 5.91 Å². The van der Waals surface area contributed by atoms with Crippen molar-refractivity contribution in [2.24, 2.45) is 17.8 Å². The van der Waals surface area contributed by atoms with E-state index in [1.54, 1.807) is 4.90 Å². The van der Waals surface area contributed by atoms with E-state index < -0.39 is 5.97 Å². The molecule has 1 N–H and O–H groups in total. The molecular formula is C11H17NO3. The number of carbonyl (C=O) groups is 2. The molecule has 2 atom stereocenters. The topological polar surface area (TPSA) is 57.6 Å². The number of hydrogen-bond acceptors (Lipinski definition) is 2. The number of amides is 1. The summed E-state index contributed by atoms with van der Waals surface area (Å²) >= 11 is 0. The molecule has 1 heterocycles. The highest BCUT2D eigenvalue weighted by Gasteiger charge is 2.38. The number of nitrogens with zero attached hydrogens (tertiary/aromatic N) is 1. The number of carboxylic acid groups (broad SMARTS) is 1. The van der Waals surface area contributed by atoms with Gasteiger partial charge in [0.1, 0.15) is 0 Å². The zero-order valence-corrected chi connectivity index (χ0v) is 8.98. The maximum atomic E-state index is 11.7. The Kier molecular flexibility index (Phi) is 2.67. The van der Waals surface area contributed by atoms with Crippen molar-refractivity contribution < 1.29 is 14.7 Å². The van der Waals surface area contributed by atoms with Gasteiger partial charge in [0.25, 0.3) is 0 Å². The molecule has 0 spiro atoms. The van der Waals surface area contributed by atoms with Crippen LogP contribution in [0.5, 0.6) is 0 Å². The molecule has 0 bridgehead atoms. The van der Waals surface area contributed by atoms with Crippen LogP contribution in [0.25, 0.3) is 0 Å². The molecule has 2 aliphatic rings. The summed E-state index contributed by atoms with van der Waals surface area (Å²) in [4.78, 5) is 24.3. The summed E-state index contributed by atoms with van der Waals surface area (Å²) in [6.07, 6.45) is 2.95. The van der Waals surface area contributed by atoms with Crippen molar-refractivity contribution in [3.8, 4) is 0 Å². The predicted octanol–water partition coefficient (Wildman–Crippen LogP) is 0.966. The normalized spacial score (nSPS) is 30.6. The van der Waals surface area contributed by atoms with Gasteiger partial charge in [-0.2, -0.15) is 0 Å². The van der Waals surface area contributed by atoms with Crippen molar-refractivity contribution in [2.45, 2.75) is 26.2 Å². The third kappa shape index (κ3) is 2.30. The zero-order valence-electron chi connectivity index (χ0n) is 8.98. The SMILES string of the molecule is C[C@@H]1CN(C(=O)CC2CC2)C[C@H]1C(=O)O. The van der Waals surface area contributed by atoms with Crippen LogP contribution in [0.15, 0.2) is 0 Å². The van der Waals surface area contributed by atoms with Crippen molar-refractivity contribution in [1.29, 1.82) is 0 Å². The molecule has 0 aromatic heterocycles. The highest BCUT2D eigenvalue weighted by molar-refractivity contribution is 5.79. The van der Waals surface area contributed by atoms with E-state index in [2.05, 4.69) is 0 Å². The fourth-order valence-corrected chi connectivity index (χ4v) is 2.19. The molecule has 1 aliphatic heterocycles. The average Bonchev–Trinajstić information content (AvgIpc) is 2.86. The lowest BCUT2D eigenvalue weighted by molar-refractivity contribution is -0.142. The fourth-order valence-electron chi connectivity index (χ4n) is 2.19. The minimum absolute atomic E-state index is 0.0886. The Morgan fingerprint density at radius 2 is 2.00 bits per heavy atom. The van der Waals surface area contributed by atoms with Gasteiger partial charge in [-0.15, -0.1) is 0 Å². The molecule has 4 nitrogen and oxygen atoms in total. The molecule has 84 valence electrons. The maximum Gasteiger partial charge on any atom is 0.308 e. The molecule has 2 fully saturated rings. The van der Waals surface area contributed by atoms with Crippen LogP contribution < -0.4 is 0 Å². The van der Waals surface area contributed by atoms with Crippen molar-refractivity contribution in [1.82, 2.24) is 4.90 Å². The monoisotopic (exact) mass is 211 g/mol. The summed E-state index contributed by atoms with van der Waals surface area (Å²) in [6.45, 7) is 2.92. The van der Waals surface area contributed by atoms with Crippen LogP contribution in [-0.4, -0.2) is 35.0 Å². The van der Waals surface area contributed by atoms with E-state index >= 15 is 0 Å². The summed E-state index contributed by atoms with van der Waals surface area (Å²) in [5.74, 6) is -0.326. The van der Waals surface area contributed by atoms with Crippen molar-refractivity contribution in [2.75, 3.05) is 13.1 Å². The summed E-state index contributed by atoms with van der Waals surface area (Å²) in [7, 11) is 0. The molecule has 0 unspecified atom stereocenters. The van der Waals surface area contributed by atoms with Gasteiger partial charge in [-0.1, -0.05) is 6.92 Å². The highest BCUT2D eigenvalue weighted by atomic mass is 16.4. The number of rotatable bonds is 3. The van der Waals surface area contributed by atoms with Crippen LogP contribution >= 0.6 is 0 Å². The Morgan fingerprint density at radius 3 is 2.47 bits per heavy atom. The molecule has 1 saturated heterocycles. The van der Waals surface area contributed by atoms with Crippen LogP contribution in [0.4, 0.5) is 0 Å².